The molecule has 29 heavy (non-hydrogen) atoms. The standard InChI is InChI=1S/C18H15N5O4S2/c1-26-17(25)12-6-11(7-19-12)13-9-29-18(20-13)21-14(24)2-3-15-22-16(23-27-15)10-4-5-28-8-10/h4-9,19H,2-3H2,1H3,(H,20,21,24). The van der Waals surface area contributed by atoms with Gasteiger partial charge in [0, 0.05) is 40.9 Å². The van der Waals surface area contributed by atoms with E-state index in [1.54, 1.807) is 29.0 Å². The van der Waals surface area contributed by atoms with Crippen LogP contribution in [0.2, 0.25) is 0 Å². The van der Waals surface area contributed by atoms with E-state index in [9.17, 15) is 9.59 Å². The van der Waals surface area contributed by atoms with Crippen LogP contribution in [0.3, 0.4) is 0 Å². The predicted molar refractivity (Wildman–Crippen MR) is 108 cm³/mol. The van der Waals surface area contributed by atoms with E-state index in [-0.39, 0.29) is 12.3 Å². The average Bonchev–Trinajstić information content (AvgIpc) is 3.51. The van der Waals surface area contributed by atoms with Gasteiger partial charge in [-0.25, -0.2) is 9.78 Å². The van der Waals surface area contributed by atoms with Crippen LogP contribution >= 0.6 is 22.7 Å². The highest BCUT2D eigenvalue weighted by atomic mass is 32.1. The Balaban J connectivity index is 1.32. The number of carbonyl (C=O) groups excluding carboxylic acids is 2. The fraction of sp³-hybridized carbons (Fsp3) is 0.167. The largest absolute Gasteiger partial charge is 0.464 e. The van der Waals surface area contributed by atoms with E-state index >= 15 is 0 Å². The fourth-order valence-corrected chi connectivity index (χ4v) is 3.87. The summed E-state index contributed by atoms with van der Waals surface area (Å²) in [7, 11) is 1.32. The van der Waals surface area contributed by atoms with Crippen molar-refractivity contribution in [2.45, 2.75) is 12.8 Å². The lowest BCUT2D eigenvalue weighted by Crippen LogP contribution is -2.12. The average molecular weight is 429 g/mol. The number of anilines is 1. The number of thiazole rings is 1. The first-order valence-electron chi connectivity index (χ1n) is 8.50. The molecule has 4 rings (SSSR count). The van der Waals surface area contributed by atoms with Gasteiger partial charge in [0.2, 0.25) is 17.6 Å². The molecule has 0 aliphatic heterocycles. The number of thiophene rings is 1. The number of nitrogens with zero attached hydrogens (tertiary/aromatic N) is 3. The zero-order valence-corrected chi connectivity index (χ0v) is 16.8. The molecule has 11 heteroatoms. The van der Waals surface area contributed by atoms with Crippen molar-refractivity contribution < 1.29 is 18.8 Å². The van der Waals surface area contributed by atoms with Gasteiger partial charge < -0.3 is 19.6 Å². The van der Waals surface area contributed by atoms with Gasteiger partial charge in [-0.1, -0.05) is 5.16 Å². The normalized spacial score (nSPS) is 10.8. The number of ether oxygens (including phenoxy) is 1. The Morgan fingerprint density at radius 1 is 1.28 bits per heavy atom. The Kier molecular flexibility index (Phi) is 5.49. The van der Waals surface area contributed by atoms with Crippen molar-refractivity contribution >= 4 is 39.7 Å². The molecule has 0 unspecified atom stereocenters. The quantitative estimate of drug-likeness (QED) is 0.430. The number of esters is 1. The molecule has 1 amide bonds. The van der Waals surface area contributed by atoms with Crippen molar-refractivity contribution in [1.29, 1.82) is 0 Å². The third-order valence-corrected chi connectivity index (χ3v) is 5.39. The summed E-state index contributed by atoms with van der Waals surface area (Å²) in [6.45, 7) is 0. The molecule has 4 aromatic heterocycles. The number of aryl methyl sites for hydroxylation is 1. The van der Waals surface area contributed by atoms with E-state index < -0.39 is 5.97 Å². The Bertz CT molecular complexity index is 1130. The van der Waals surface area contributed by atoms with E-state index in [1.807, 2.05) is 16.8 Å². The first kappa shape index (κ1) is 19.0. The second kappa shape index (κ2) is 8.37. The maximum atomic E-state index is 12.2. The maximum Gasteiger partial charge on any atom is 0.354 e. The minimum Gasteiger partial charge on any atom is -0.464 e. The van der Waals surface area contributed by atoms with E-state index in [0.29, 0.717) is 34.7 Å². The van der Waals surface area contributed by atoms with Gasteiger partial charge in [-0.15, -0.1) is 11.3 Å². The molecule has 0 aliphatic carbocycles. The Morgan fingerprint density at radius 2 is 2.17 bits per heavy atom. The summed E-state index contributed by atoms with van der Waals surface area (Å²) in [5, 5.41) is 12.8. The number of aromatic amines is 1. The third-order valence-electron chi connectivity index (χ3n) is 3.95. The lowest BCUT2D eigenvalue weighted by molar-refractivity contribution is -0.116. The number of nitrogens with one attached hydrogen (secondary N) is 2. The van der Waals surface area contributed by atoms with Crippen molar-refractivity contribution in [2.75, 3.05) is 12.4 Å². The van der Waals surface area contributed by atoms with Crippen LogP contribution in [-0.4, -0.2) is 39.1 Å². The van der Waals surface area contributed by atoms with Crippen LogP contribution in [0.4, 0.5) is 5.13 Å². The van der Waals surface area contributed by atoms with Gasteiger partial charge in [-0.2, -0.15) is 16.3 Å². The van der Waals surface area contributed by atoms with E-state index in [0.717, 1.165) is 11.1 Å². The lowest BCUT2D eigenvalue weighted by Gasteiger charge is -1.99. The molecule has 0 radical (unpaired) electrons. The fourth-order valence-electron chi connectivity index (χ4n) is 2.50. The molecule has 0 aromatic carbocycles. The van der Waals surface area contributed by atoms with Crippen molar-refractivity contribution in [3.05, 3.63) is 46.1 Å². The number of hydrogen-bond donors (Lipinski definition) is 2. The minimum absolute atomic E-state index is 0.191. The van der Waals surface area contributed by atoms with Gasteiger partial charge in [0.1, 0.15) is 5.69 Å². The van der Waals surface area contributed by atoms with E-state index in [4.69, 9.17) is 4.52 Å². The summed E-state index contributed by atoms with van der Waals surface area (Å²) in [6, 6.07) is 3.55. The molecule has 2 N–H and O–H groups in total. The summed E-state index contributed by atoms with van der Waals surface area (Å²) in [5.74, 6) is 0.265. The van der Waals surface area contributed by atoms with Gasteiger partial charge in [-0.05, 0) is 17.5 Å². The first-order chi connectivity index (χ1) is 14.1. The highest BCUT2D eigenvalue weighted by Crippen LogP contribution is 2.26. The summed E-state index contributed by atoms with van der Waals surface area (Å²) in [5.41, 5.74) is 2.61. The zero-order chi connectivity index (χ0) is 20.2. The van der Waals surface area contributed by atoms with E-state index in [2.05, 4.69) is 30.2 Å². The first-order valence-corrected chi connectivity index (χ1v) is 10.3. The number of carbonyl (C=O) groups is 2. The molecule has 4 aromatic rings. The smallest absolute Gasteiger partial charge is 0.354 e. The number of H-pyrrole nitrogens is 1. The molecule has 0 fully saturated rings. The Hall–Kier alpha value is -3.31. The topological polar surface area (TPSA) is 123 Å². The van der Waals surface area contributed by atoms with Gasteiger partial charge in [-0.3, -0.25) is 4.79 Å². The van der Waals surface area contributed by atoms with Crippen molar-refractivity contribution in [1.82, 2.24) is 20.1 Å². The third kappa shape index (κ3) is 4.41. The van der Waals surface area contributed by atoms with Crippen LogP contribution in [0.5, 0.6) is 0 Å². The number of aromatic nitrogens is 4. The molecule has 0 spiro atoms. The van der Waals surface area contributed by atoms with Crippen LogP contribution in [0.25, 0.3) is 22.6 Å². The van der Waals surface area contributed by atoms with Crippen LogP contribution in [0.1, 0.15) is 22.8 Å². The number of amides is 1. The summed E-state index contributed by atoms with van der Waals surface area (Å²) in [4.78, 5) is 35.2. The molecular weight excluding hydrogens is 414 g/mol. The van der Waals surface area contributed by atoms with Crippen molar-refractivity contribution in [2.24, 2.45) is 0 Å². The summed E-state index contributed by atoms with van der Waals surface area (Å²) < 4.78 is 9.86. The van der Waals surface area contributed by atoms with Gasteiger partial charge in [0.15, 0.2) is 5.13 Å². The molecule has 4 heterocycles. The molecule has 0 saturated carbocycles. The molecule has 0 atom stereocenters. The molecule has 9 nitrogen and oxygen atoms in total. The predicted octanol–water partition coefficient (Wildman–Crippen LogP) is 3.61. The summed E-state index contributed by atoms with van der Waals surface area (Å²) in [6.07, 6.45) is 2.19. The van der Waals surface area contributed by atoms with E-state index in [1.165, 1.54) is 18.4 Å². The van der Waals surface area contributed by atoms with Crippen LogP contribution in [-0.2, 0) is 16.0 Å². The molecule has 148 valence electrons. The minimum atomic E-state index is -0.455. The Labute approximate surface area is 172 Å². The van der Waals surface area contributed by atoms with Crippen LogP contribution in [0.15, 0.2) is 39.0 Å². The monoisotopic (exact) mass is 429 g/mol. The number of methoxy groups -OCH3 is 1. The Morgan fingerprint density at radius 3 is 2.97 bits per heavy atom. The number of rotatable bonds is 7. The van der Waals surface area contributed by atoms with Gasteiger partial charge >= 0.3 is 5.97 Å². The van der Waals surface area contributed by atoms with Crippen LogP contribution < -0.4 is 5.32 Å². The molecular formula is C18H15N5O4S2. The van der Waals surface area contributed by atoms with Crippen LogP contribution in [0, 0.1) is 0 Å². The summed E-state index contributed by atoms with van der Waals surface area (Å²) >= 11 is 2.85. The molecule has 0 saturated heterocycles. The zero-order valence-electron chi connectivity index (χ0n) is 15.2. The lowest BCUT2D eigenvalue weighted by atomic mass is 10.2. The second-order valence-corrected chi connectivity index (χ2v) is 7.54. The van der Waals surface area contributed by atoms with Crippen molar-refractivity contribution in [3.63, 3.8) is 0 Å². The van der Waals surface area contributed by atoms with Crippen molar-refractivity contribution in [3.8, 4) is 22.6 Å². The highest BCUT2D eigenvalue weighted by Gasteiger charge is 2.14. The molecule has 0 aliphatic rings. The second-order valence-electron chi connectivity index (χ2n) is 5.90. The SMILES string of the molecule is COC(=O)c1cc(-c2csc(NC(=O)CCc3nc(-c4ccsc4)no3)n2)c[nH]1. The maximum absolute atomic E-state index is 12.2. The highest BCUT2D eigenvalue weighted by molar-refractivity contribution is 7.14. The molecule has 0 bridgehead atoms. The van der Waals surface area contributed by atoms with Gasteiger partial charge in [0.25, 0.3) is 0 Å². The van der Waals surface area contributed by atoms with Gasteiger partial charge in [0.05, 0.1) is 12.8 Å². The number of hydrogen-bond acceptors (Lipinski definition) is 9.